The van der Waals surface area contributed by atoms with Crippen molar-refractivity contribution in [3.63, 3.8) is 0 Å². The van der Waals surface area contributed by atoms with Gasteiger partial charge in [0.05, 0.1) is 12.2 Å². The third-order valence-electron chi connectivity index (χ3n) is 4.60. The van der Waals surface area contributed by atoms with E-state index in [4.69, 9.17) is 9.47 Å². The molecule has 1 heterocycles. The summed E-state index contributed by atoms with van der Waals surface area (Å²) in [6.07, 6.45) is 8.10. The predicted molar refractivity (Wildman–Crippen MR) is 77.2 cm³/mol. The molecule has 1 saturated carbocycles. The molecule has 114 valence electrons. The molecule has 1 aliphatic heterocycles. The van der Waals surface area contributed by atoms with E-state index in [1.165, 1.54) is 25.3 Å². The van der Waals surface area contributed by atoms with E-state index in [1.54, 1.807) is 12.1 Å². The molecule has 3 nitrogen and oxygen atoms in total. The minimum atomic E-state index is -0.469. The molecule has 21 heavy (non-hydrogen) atoms. The summed E-state index contributed by atoms with van der Waals surface area (Å²) in [5.41, 5.74) is 0.274. The standard InChI is InChI=1S/C17H21FO3/c18-15-10-13(12-19)4-5-16(15)21-14-6-9-20-17(11-14)7-2-1-3-8-17/h4-5,10,12,14H,1-3,6-9,11H2. The van der Waals surface area contributed by atoms with Crippen molar-refractivity contribution < 1.29 is 18.7 Å². The molecule has 1 saturated heterocycles. The summed E-state index contributed by atoms with van der Waals surface area (Å²) >= 11 is 0. The van der Waals surface area contributed by atoms with Gasteiger partial charge >= 0.3 is 0 Å². The topological polar surface area (TPSA) is 35.5 Å². The smallest absolute Gasteiger partial charge is 0.165 e. The van der Waals surface area contributed by atoms with Crippen molar-refractivity contribution in [2.45, 2.75) is 56.7 Å². The van der Waals surface area contributed by atoms with Gasteiger partial charge in [0.2, 0.25) is 0 Å². The summed E-state index contributed by atoms with van der Waals surface area (Å²) in [6, 6.07) is 4.35. The number of hydrogen-bond acceptors (Lipinski definition) is 3. The molecule has 3 rings (SSSR count). The van der Waals surface area contributed by atoms with Gasteiger partial charge in [0.25, 0.3) is 0 Å². The summed E-state index contributed by atoms with van der Waals surface area (Å²) in [5, 5.41) is 0. The molecule has 2 aliphatic rings. The van der Waals surface area contributed by atoms with E-state index in [9.17, 15) is 9.18 Å². The van der Waals surface area contributed by atoms with Gasteiger partial charge in [-0.15, -0.1) is 0 Å². The lowest BCUT2D eigenvalue weighted by atomic mass is 9.79. The SMILES string of the molecule is O=Cc1ccc(OC2CCOC3(CCCCC3)C2)c(F)c1. The first-order valence-electron chi connectivity index (χ1n) is 7.76. The van der Waals surface area contributed by atoms with Crippen LogP contribution in [0.25, 0.3) is 0 Å². The zero-order valence-electron chi connectivity index (χ0n) is 12.1. The molecule has 1 unspecified atom stereocenters. The summed E-state index contributed by atoms with van der Waals surface area (Å²) in [6.45, 7) is 0.679. The highest BCUT2D eigenvalue weighted by molar-refractivity contribution is 5.74. The van der Waals surface area contributed by atoms with E-state index < -0.39 is 5.82 Å². The molecule has 0 amide bonds. The van der Waals surface area contributed by atoms with Crippen LogP contribution in [-0.2, 0) is 4.74 Å². The monoisotopic (exact) mass is 292 g/mol. The number of halogens is 1. The van der Waals surface area contributed by atoms with Gasteiger partial charge in [0.15, 0.2) is 11.6 Å². The molecule has 0 aromatic heterocycles. The second-order valence-electron chi connectivity index (χ2n) is 6.13. The summed E-state index contributed by atoms with van der Waals surface area (Å²) in [4.78, 5) is 10.6. The van der Waals surface area contributed by atoms with Crippen LogP contribution in [0.5, 0.6) is 5.75 Å². The molecule has 0 radical (unpaired) electrons. The minimum absolute atomic E-state index is 0.00608. The van der Waals surface area contributed by atoms with Crippen LogP contribution < -0.4 is 4.74 Å². The van der Waals surface area contributed by atoms with Gasteiger partial charge in [-0.1, -0.05) is 19.3 Å². The van der Waals surface area contributed by atoms with Gasteiger partial charge in [0.1, 0.15) is 12.4 Å². The van der Waals surface area contributed by atoms with Crippen molar-refractivity contribution in [3.05, 3.63) is 29.6 Å². The Balaban J connectivity index is 1.68. The van der Waals surface area contributed by atoms with E-state index in [1.807, 2.05) is 0 Å². The lowest BCUT2D eigenvalue weighted by Crippen LogP contribution is -2.45. The number of aldehydes is 1. The molecule has 2 fully saturated rings. The quantitative estimate of drug-likeness (QED) is 0.793. The first-order chi connectivity index (χ1) is 10.2. The molecule has 1 atom stereocenters. The molecule has 1 aliphatic carbocycles. The van der Waals surface area contributed by atoms with Crippen LogP contribution in [0.4, 0.5) is 4.39 Å². The van der Waals surface area contributed by atoms with Crippen LogP contribution >= 0.6 is 0 Å². The van der Waals surface area contributed by atoms with E-state index in [0.717, 1.165) is 25.7 Å². The van der Waals surface area contributed by atoms with Crippen molar-refractivity contribution in [1.82, 2.24) is 0 Å². The van der Waals surface area contributed by atoms with Crippen molar-refractivity contribution >= 4 is 6.29 Å². The van der Waals surface area contributed by atoms with Crippen LogP contribution in [0.2, 0.25) is 0 Å². The fraction of sp³-hybridized carbons (Fsp3) is 0.588. The summed E-state index contributed by atoms with van der Waals surface area (Å²) < 4.78 is 25.8. The van der Waals surface area contributed by atoms with Gasteiger partial charge < -0.3 is 9.47 Å². The van der Waals surface area contributed by atoms with Crippen molar-refractivity contribution in [2.24, 2.45) is 0 Å². The Kier molecular flexibility index (Phi) is 4.24. The van der Waals surface area contributed by atoms with Gasteiger partial charge in [-0.05, 0) is 31.0 Å². The highest BCUT2D eigenvalue weighted by atomic mass is 19.1. The normalized spacial score (nSPS) is 24.7. The maximum absolute atomic E-state index is 13.9. The van der Waals surface area contributed by atoms with E-state index in [-0.39, 0.29) is 17.5 Å². The molecular weight excluding hydrogens is 271 g/mol. The van der Waals surface area contributed by atoms with Crippen LogP contribution in [0.1, 0.15) is 55.3 Å². The second kappa shape index (κ2) is 6.14. The fourth-order valence-corrected chi connectivity index (χ4v) is 3.49. The summed E-state index contributed by atoms with van der Waals surface area (Å²) in [5.74, 6) is -0.234. The third-order valence-corrected chi connectivity index (χ3v) is 4.60. The van der Waals surface area contributed by atoms with Crippen molar-refractivity contribution in [1.29, 1.82) is 0 Å². The first-order valence-corrected chi connectivity index (χ1v) is 7.76. The van der Waals surface area contributed by atoms with Gasteiger partial charge in [-0.3, -0.25) is 4.79 Å². The van der Waals surface area contributed by atoms with Gasteiger partial charge in [0, 0.05) is 18.4 Å². The number of hydrogen-bond donors (Lipinski definition) is 0. The average Bonchev–Trinajstić information content (AvgIpc) is 2.50. The van der Waals surface area contributed by atoms with Crippen molar-refractivity contribution in [3.8, 4) is 5.75 Å². The Morgan fingerprint density at radius 2 is 2.10 bits per heavy atom. The van der Waals surface area contributed by atoms with Crippen LogP contribution in [-0.4, -0.2) is 24.6 Å². The number of carbonyl (C=O) groups is 1. The fourth-order valence-electron chi connectivity index (χ4n) is 3.49. The molecule has 0 bridgehead atoms. The molecule has 0 N–H and O–H groups in total. The van der Waals surface area contributed by atoms with Crippen LogP contribution in [0, 0.1) is 5.82 Å². The Bertz CT molecular complexity index is 503. The lowest BCUT2D eigenvalue weighted by Gasteiger charge is -2.43. The number of ether oxygens (including phenoxy) is 2. The van der Waals surface area contributed by atoms with Crippen molar-refractivity contribution in [2.75, 3.05) is 6.61 Å². The van der Waals surface area contributed by atoms with Gasteiger partial charge in [-0.2, -0.15) is 0 Å². The average molecular weight is 292 g/mol. The Hall–Kier alpha value is -1.42. The minimum Gasteiger partial charge on any atom is -0.487 e. The zero-order chi connectivity index (χ0) is 14.7. The third kappa shape index (κ3) is 3.26. The van der Waals surface area contributed by atoms with E-state index in [2.05, 4.69) is 0 Å². The highest BCUT2D eigenvalue weighted by Crippen LogP contribution is 2.39. The maximum Gasteiger partial charge on any atom is 0.165 e. The Labute approximate surface area is 124 Å². The maximum atomic E-state index is 13.9. The predicted octanol–water partition coefficient (Wildman–Crippen LogP) is 3.90. The Morgan fingerprint density at radius 3 is 2.81 bits per heavy atom. The highest BCUT2D eigenvalue weighted by Gasteiger charge is 2.39. The lowest BCUT2D eigenvalue weighted by molar-refractivity contribution is -0.130. The molecule has 4 heteroatoms. The molecule has 1 spiro atoms. The first kappa shape index (κ1) is 14.5. The van der Waals surface area contributed by atoms with E-state index >= 15 is 0 Å². The van der Waals surface area contributed by atoms with Crippen LogP contribution in [0.15, 0.2) is 18.2 Å². The molecule has 1 aromatic carbocycles. The van der Waals surface area contributed by atoms with E-state index in [0.29, 0.717) is 18.5 Å². The number of carbonyl (C=O) groups excluding carboxylic acids is 1. The second-order valence-corrected chi connectivity index (χ2v) is 6.13. The van der Waals surface area contributed by atoms with Gasteiger partial charge in [-0.25, -0.2) is 4.39 Å². The number of rotatable bonds is 3. The summed E-state index contributed by atoms with van der Waals surface area (Å²) in [7, 11) is 0. The number of benzene rings is 1. The zero-order valence-corrected chi connectivity index (χ0v) is 12.1. The Morgan fingerprint density at radius 1 is 1.29 bits per heavy atom. The molecule has 1 aromatic rings. The van der Waals surface area contributed by atoms with Crippen LogP contribution in [0.3, 0.4) is 0 Å². The molecular formula is C17H21FO3. The largest absolute Gasteiger partial charge is 0.487 e.